The fraction of sp³-hybridized carbons (Fsp3) is 0.942. The fourth-order valence-corrected chi connectivity index (χ4v) is 11.9. The topological polar surface area (TPSA) is 237 Å². The number of rotatable bonds is 67. The van der Waals surface area contributed by atoms with Crippen molar-refractivity contribution in [2.75, 3.05) is 39.6 Å². The minimum atomic E-state index is -4.95. The molecule has 0 radical (unpaired) electrons. The lowest BCUT2D eigenvalue weighted by Crippen LogP contribution is -2.30. The second-order valence-corrected chi connectivity index (χ2v) is 29.0. The van der Waals surface area contributed by atoms with Crippen LogP contribution >= 0.6 is 15.6 Å². The summed E-state index contributed by atoms with van der Waals surface area (Å²) in [6, 6.07) is 0. The molecular formula is C69H134O17P2. The zero-order valence-corrected chi connectivity index (χ0v) is 59.0. The number of aliphatic hydroxyl groups excluding tert-OH is 1. The molecule has 0 heterocycles. The molecule has 0 fully saturated rings. The van der Waals surface area contributed by atoms with E-state index >= 15 is 0 Å². The molecule has 0 aromatic carbocycles. The predicted molar refractivity (Wildman–Crippen MR) is 354 cm³/mol. The van der Waals surface area contributed by atoms with Crippen LogP contribution in [0.5, 0.6) is 0 Å². The summed E-state index contributed by atoms with van der Waals surface area (Å²) in [5, 5.41) is 10.6. The van der Waals surface area contributed by atoms with Crippen molar-refractivity contribution in [2.45, 2.75) is 362 Å². The minimum Gasteiger partial charge on any atom is -0.462 e. The predicted octanol–water partition coefficient (Wildman–Crippen LogP) is 19.5. The standard InChI is InChI=1S/C69H134O17P2/c1-8-10-11-12-13-29-36-43-50-66(71)79-56-64(86-69(74)53-46-39-32-25-24-28-35-42-49-62(7)9-2)58-83-87(75,76)81-54-63(70)55-82-88(77,78)84-59-65(85-68(73)52-45-38-31-23-19-15-17-21-27-34-41-48-61(5)6)57-80-67(72)51-44-37-30-22-18-14-16-20-26-33-40-47-60(3)4/h60-65,70H,8-59H2,1-7H3,(H,75,76)(H,77,78)/t62?,63-,64+,65+/m0/s1. The summed E-state index contributed by atoms with van der Waals surface area (Å²) >= 11 is 0. The van der Waals surface area contributed by atoms with Crippen LogP contribution in [0.3, 0.4) is 0 Å². The van der Waals surface area contributed by atoms with Crippen LogP contribution in [0.4, 0.5) is 0 Å². The molecule has 0 bridgehead atoms. The maximum Gasteiger partial charge on any atom is 0.472 e. The molecule has 0 aliphatic heterocycles. The molecule has 0 aromatic rings. The molecule has 0 aromatic heterocycles. The van der Waals surface area contributed by atoms with Crippen LogP contribution in [-0.2, 0) is 65.4 Å². The molecule has 0 aliphatic rings. The Morgan fingerprint density at radius 1 is 0.330 bits per heavy atom. The number of hydrogen-bond donors (Lipinski definition) is 3. The summed E-state index contributed by atoms with van der Waals surface area (Å²) < 4.78 is 68.2. The number of carbonyl (C=O) groups excluding carboxylic acids is 4. The molecule has 3 N–H and O–H groups in total. The van der Waals surface area contributed by atoms with E-state index in [1.807, 2.05) is 0 Å². The van der Waals surface area contributed by atoms with E-state index in [2.05, 4.69) is 48.5 Å². The maximum absolute atomic E-state index is 13.0. The molecule has 0 spiro atoms. The van der Waals surface area contributed by atoms with Crippen LogP contribution in [0.15, 0.2) is 0 Å². The highest BCUT2D eigenvalue weighted by Gasteiger charge is 2.30. The first-order valence-electron chi connectivity index (χ1n) is 35.9. The van der Waals surface area contributed by atoms with Gasteiger partial charge in [0.05, 0.1) is 26.4 Å². The van der Waals surface area contributed by atoms with Crippen LogP contribution in [0.25, 0.3) is 0 Å². The number of ether oxygens (including phenoxy) is 4. The summed E-state index contributed by atoms with van der Waals surface area (Å²) in [7, 11) is -9.90. The third-order valence-corrected chi connectivity index (χ3v) is 18.1. The molecular weight excluding hydrogens is 1160 g/mol. The van der Waals surface area contributed by atoms with E-state index in [4.69, 9.17) is 37.0 Å². The van der Waals surface area contributed by atoms with Crippen molar-refractivity contribution in [2.24, 2.45) is 17.8 Å². The molecule has 17 nitrogen and oxygen atoms in total. The smallest absolute Gasteiger partial charge is 0.462 e. The highest BCUT2D eigenvalue weighted by molar-refractivity contribution is 7.47. The molecule has 522 valence electrons. The number of phosphoric ester groups is 2. The van der Waals surface area contributed by atoms with Gasteiger partial charge < -0.3 is 33.8 Å². The van der Waals surface area contributed by atoms with Gasteiger partial charge in [0.2, 0.25) is 0 Å². The van der Waals surface area contributed by atoms with Gasteiger partial charge in [-0.15, -0.1) is 0 Å². The van der Waals surface area contributed by atoms with E-state index in [1.54, 1.807) is 0 Å². The summed E-state index contributed by atoms with van der Waals surface area (Å²) in [5.41, 5.74) is 0. The van der Waals surface area contributed by atoms with E-state index in [9.17, 15) is 43.2 Å². The second kappa shape index (κ2) is 60.0. The van der Waals surface area contributed by atoms with Gasteiger partial charge in [-0.05, 0) is 43.4 Å². The van der Waals surface area contributed by atoms with Gasteiger partial charge in [0.15, 0.2) is 12.2 Å². The Bertz CT molecular complexity index is 1730. The Kier molecular flexibility index (Phi) is 58.7. The third-order valence-electron chi connectivity index (χ3n) is 16.2. The van der Waals surface area contributed by atoms with Gasteiger partial charge in [-0.2, -0.15) is 0 Å². The Labute approximate surface area is 537 Å². The average molecular weight is 1300 g/mol. The minimum absolute atomic E-state index is 0.104. The van der Waals surface area contributed by atoms with E-state index in [0.29, 0.717) is 25.7 Å². The Hall–Kier alpha value is -1.94. The molecule has 0 aliphatic carbocycles. The van der Waals surface area contributed by atoms with Crippen LogP contribution < -0.4 is 0 Å². The molecule has 3 unspecified atom stereocenters. The van der Waals surface area contributed by atoms with Crippen molar-refractivity contribution in [3.8, 4) is 0 Å². The van der Waals surface area contributed by atoms with Crippen LogP contribution in [0.2, 0.25) is 0 Å². The van der Waals surface area contributed by atoms with Gasteiger partial charge in [-0.1, -0.05) is 292 Å². The number of carbonyl (C=O) groups is 4. The Balaban J connectivity index is 5.24. The average Bonchev–Trinajstić information content (AvgIpc) is 3.52. The zero-order valence-electron chi connectivity index (χ0n) is 57.2. The highest BCUT2D eigenvalue weighted by Crippen LogP contribution is 2.45. The summed E-state index contributed by atoms with van der Waals surface area (Å²) in [5.74, 6) is 0.175. The SMILES string of the molecule is CCCCCCCCCCC(=O)OC[C@H](COP(=O)(O)OC[C@H](O)COP(=O)(O)OC[C@@H](COC(=O)CCCCCCCCCCCCCC(C)C)OC(=O)CCCCCCCCCCCCCC(C)C)OC(=O)CCCCCCCCCCC(C)CC. The molecule has 0 rings (SSSR count). The lowest BCUT2D eigenvalue weighted by Gasteiger charge is -2.21. The second-order valence-electron chi connectivity index (χ2n) is 26.1. The maximum atomic E-state index is 13.0. The van der Waals surface area contributed by atoms with E-state index in [-0.39, 0.29) is 25.7 Å². The van der Waals surface area contributed by atoms with Crippen molar-refractivity contribution in [1.29, 1.82) is 0 Å². The number of esters is 4. The van der Waals surface area contributed by atoms with Crippen molar-refractivity contribution >= 4 is 39.5 Å². The first kappa shape index (κ1) is 86.1. The molecule has 0 saturated carbocycles. The number of unbranched alkanes of at least 4 members (excludes halogenated alkanes) is 34. The zero-order chi connectivity index (χ0) is 65.2. The van der Waals surface area contributed by atoms with Gasteiger partial charge in [0, 0.05) is 25.7 Å². The van der Waals surface area contributed by atoms with E-state index < -0.39 is 97.5 Å². The molecule has 0 saturated heterocycles. The van der Waals surface area contributed by atoms with Crippen LogP contribution in [-0.4, -0.2) is 96.7 Å². The van der Waals surface area contributed by atoms with Gasteiger partial charge >= 0.3 is 39.5 Å². The van der Waals surface area contributed by atoms with Gasteiger partial charge in [0.1, 0.15) is 19.3 Å². The van der Waals surface area contributed by atoms with Crippen molar-refractivity contribution in [3.63, 3.8) is 0 Å². The Morgan fingerprint density at radius 2 is 0.580 bits per heavy atom. The summed E-state index contributed by atoms with van der Waals surface area (Å²) in [4.78, 5) is 72.4. The lowest BCUT2D eigenvalue weighted by molar-refractivity contribution is -0.161. The Morgan fingerprint density at radius 3 is 0.864 bits per heavy atom. The molecule has 88 heavy (non-hydrogen) atoms. The van der Waals surface area contributed by atoms with E-state index in [0.717, 1.165) is 114 Å². The normalized spacial score (nSPS) is 14.5. The number of aliphatic hydroxyl groups is 1. The van der Waals surface area contributed by atoms with Crippen molar-refractivity contribution < 1.29 is 80.2 Å². The van der Waals surface area contributed by atoms with Gasteiger partial charge in [0.25, 0.3) is 0 Å². The van der Waals surface area contributed by atoms with Crippen molar-refractivity contribution in [1.82, 2.24) is 0 Å². The molecule has 19 heteroatoms. The van der Waals surface area contributed by atoms with Crippen LogP contribution in [0.1, 0.15) is 344 Å². The summed E-state index contributed by atoms with van der Waals surface area (Å²) in [6.45, 7) is 11.8. The van der Waals surface area contributed by atoms with Gasteiger partial charge in [-0.25, -0.2) is 9.13 Å². The molecule has 0 amide bonds. The largest absolute Gasteiger partial charge is 0.472 e. The van der Waals surface area contributed by atoms with Gasteiger partial charge in [-0.3, -0.25) is 37.3 Å². The lowest BCUT2D eigenvalue weighted by atomic mass is 9.99. The quantitative estimate of drug-likeness (QED) is 0.0222. The fourth-order valence-electron chi connectivity index (χ4n) is 10.3. The highest BCUT2D eigenvalue weighted by atomic mass is 31.2. The van der Waals surface area contributed by atoms with E-state index in [1.165, 1.54) is 148 Å². The van der Waals surface area contributed by atoms with Crippen LogP contribution in [0, 0.1) is 17.8 Å². The first-order chi connectivity index (χ1) is 42.3. The van der Waals surface area contributed by atoms with Crippen molar-refractivity contribution in [3.05, 3.63) is 0 Å². The number of hydrogen-bond acceptors (Lipinski definition) is 15. The summed E-state index contributed by atoms with van der Waals surface area (Å²) in [6.07, 6.45) is 43.0. The number of phosphoric acid groups is 2. The molecule has 6 atom stereocenters. The third kappa shape index (κ3) is 61.6. The monoisotopic (exact) mass is 1300 g/mol. The first-order valence-corrected chi connectivity index (χ1v) is 38.9.